The van der Waals surface area contributed by atoms with Gasteiger partial charge in [-0.05, 0) is 37.6 Å². The topological polar surface area (TPSA) is 3.24 Å². The summed E-state index contributed by atoms with van der Waals surface area (Å²) in [5, 5.41) is 0. The Balaban J connectivity index is 2.51. The van der Waals surface area contributed by atoms with Gasteiger partial charge in [0.25, 0.3) is 0 Å². The van der Waals surface area contributed by atoms with Crippen LogP contribution >= 0.6 is 0 Å². The van der Waals surface area contributed by atoms with Gasteiger partial charge in [-0.3, -0.25) is 0 Å². The van der Waals surface area contributed by atoms with Crippen LogP contribution in [0.3, 0.4) is 0 Å². The maximum atomic E-state index is 4.08. The van der Waals surface area contributed by atoms with E-state index in [0.717, 1.165) is 11.4 Å². The van der Waals surface area contributed by atoms with E-state index in [1.807, 2.05) is 25.1 Å². The van der Waals surface area contributed by atoms with Gasteiger partial charge >= 0.3 is 0 Å². The number of nitrogens with zero attached hydrogens (tertiary/aromatic N) is 1. The van der Waals surface area contributed by atoms with E-state index in [9.17, 15) is 0 Å². The number of anilines is 2. The number of para-hydroxylation sites is 2. The molecule has 2 rings (SSSR count). The van der Waals surface area contributed by atoms with Crippen molar-refractivity contribution in [3.8, 4) is 0 Å². The van der Waals surface area contributed by atoms with Gasteiger partial charge in [0.1, 0.15) is 0 Å². The maximum Gasteiger partial charge on any atom is 0.0487 e. The fraction of sp³-hybridized carbons (Fsp3) is 0.125. The van der Waals surface area contributed by atoms with Crippen molar-refractivity contribution in [2.24, 2.45) is 0 Å². The van der Waals surface area contributed by atoms with Gasteiger partial charge < -0.3 is 4.90 Å². The highest BCUT2D eigenvalue weighted by atomic mass is 15.1. The van der Waals surface area contributed by atoms with Crippen molar-refractivity contribution >= 4 is 11.4 Å². The first kappa shape index (κ1) is 11.5. The fourth-order valence-electron chi connectivity index (χ4n) is 1.96. The molecule has 2 aromatic rings. The molecule has 0 spiro atoms. The van der Waals surface area contributed by atoms with E-state index >= 15 is 0 Å². The molecule has 1 heteroatoms. The second-order valence-corrected chi connectivity index (χ2v) is 4.19. The quantitative estimate of drug-likeness (QED) is 0.731. The summed E-state index contributed by atoms with van der Waals surface area (Å²) in [6, 6.07) is 18.7. The summed E-state index contributed by atoms with van der Waals surface area (Å²) >= 11 is 0. The average molecular weight is 223 g/mol. The van der Waals surface area contributed by atoms with E-state index in [2.05, 4.69) is 54.8 Å². The molecule has 0 saturated heterocycles. The number of rotatable bonds is 3. The SMILES string of the molecule is C=C(C)N(c1ccccc1)c1ccccc1C. The van der Waals surface area contributed by atoms with E-state index in [1.165, 1.54) is 11.3 Å². The zero-order chi connectivity index (χ0) is 12.3. The Morgan fingerprint density at radius 1 is 0.941 bits per heavy atom. The first-order valence-corrected chi connectivity index (χ1v) is 5.76. The highest BCUT2D eigenvalue weighted by Gasteiger charge is 2.11. The van der Waals surface area contributed by atoms with Crippen molar-refractivity contribution in [2.75, 3.05) is 4.90 Å². The molecule has 0 aliphatic heterocycles. The molecule has 0 aliphatic carbocycles. The predicted octanol–water partition coefficient (Wildman–Crippen LogP) is 4.67. The first-order valence-electron chi connectivity index (χ1n) is 5.76. The Kier molecular flexibility index (Phi) is 3.29. The summed E-state index contributed by atoms with van der Waals surface area (Å²) in [6.45, 7) is 8.22. The van der Waals surface area contributed by atoms with Gasteiger partial charge in [0.05, 0.1) is 0 Å². The zero-order valence-electron chi connectivity index (χ0n) is 10.4. The lowest BCUT2D eigenvalue weighted by Gasteiger charge is -2.26. The van der Waals surface area contributed by atoms with E-state index in [1.54, 1.807) is 0 Å². The molecule has 0 amide bonds. The van der Waals surface area contributed by atoms with Crippen LogP contribution < -0.4 is 4.90 Å². The van der Waals surface area contributed by atoms with Gasteiger partial charge in [0.2, 0.25) is 0 Å². The van der Waals surface area contributed by atoms with Gasteiger partial charge in [0.15, 0.2) is 0 Å². The van der Waals surface area contributed by atoms with Crippen LogP contribution in [0.2, 0.25) is 0 Å². The molecule has 0 bridgehead atoms. The van der Waals surface area contributed by atoms with Gasteiger partial charge in [-0.2, -0.15) is 0 Å². The number of aryl methyl sites for hydroxylation is 1. The van der Waals surface area contributed by atoms with Crippen LogP contribution in [0.15, 0.2) is 66.9 Å². The Labute approximate surface area is 103 Å². The van der Waals surface area contributed by atoms with Crippen molar-refractivity contribution in [1.29, 1.82) is 0 Å². The van der Waals surface area contributed by atoms with Crippen LogP contribution in [-0.4, -0.2) is 0 Å². The normalized spacial score (nSPS) is 10.0. The minimum absolute atomic E-state index is 1.02. The molecule has 0 atom stereocenters. The molecular weight excluding hydrogens is 206 g/mol. The standard InChI is InChI=1S/C16H17N/c1-13(2)17(15-10-5-4-6-11-15)16-12-8-7-9-14(16)3/h4-12H,1H2,2-3H3. The Morgan fingerprint density at radius 3 is 2.12 bits per heavy atom. The van der Waals surface area contributed by atoms with E-state index in [0.29, 0.717) is 0 Å². The van der Waals surface area contributed by atoms with Crippen molar-refractivity contribution in [3.05, 3.63) is 72.4 Å². The summed E-state index contributed by atoms with van der Waals surface area (Å²) in [5.74, 6) is 0. The highest BCUT2D eigenvalue weighted by molar-refractivity contribution is 5.70. The molecule has 0 unspecified atom stereocenters. The van der Waals surface area contributed by atoms with E-state index < -0.39 is 0 Å². The first-order chi connectivity index (χ1) is 8.20. The monoisotopic (exact) mass is 223 g/mol. The summed E-state index contributed by atoms with van der Waals surface area (Å²) in [6.07, 6.45) is 0. The Morgan fingerprint density at radius 2 is 1.53 bits per heavy atom. The number of benzene rings is 2. The molecule has 0 N–H and O–H groups in total. The molecule has 1 nitrogen and oxygen atoms in total. The summed E-state index contributed by atoms with van der Waals surface area (Å²) in [4.78, 5) is 2.18. The Bertz CT molecular complexity index is 514. The molecule has 17 heavy (non-hydrogen) atoms. The Hall–Kier alpha value is -2.02. The van der Waals surface area contributed by atoms with Crippen LogP contribution in [0.5, 0.6) is 0 Å². The largest absolute Gasteiger partial charge is 0.315 e. The minimum Gasteiger partial charge on any atom is -0.315 e. The summed E-state index contributed by atoms with van der Waals surface area (Å²) in [5.41, 5.74) is 4.60. The number of hydrogen-bond donors (Lipinski definition) is 0. The van der Waals surface area contributed by atoms with Crippen molar-refractivity contribution in [1.82, 2.24) is 0 Å². The molecule has 86 valence electrons. The third-order valence-corrected chi connectivity index (χ3v) is 2.75. The lowest BCUT2D eigenvalue weighted by molar-refractivity contribution is 1.15. The summed E-state index contributed by atoms with van der Waals surface area (Å²) in [7, 11) is 0. The van der Waals surface area contributed by atoms with Gasteiger partial charge in [-0.15, -0.1) is 0 Å². The average Bonchev–Trinajstić information content (AvgIpc) is 2.33. The predicted molar refractivity (Wildman–Crippen MR) is 74.6 cm³/mol. The van der Waals surface area contributed by atoms with Crippen LogP contribution in [0.4, 0.5) is 11.4 Å². The maximum absolute atomic E-state index is 4.08. The molecule has 0 fully saturated rings. The second kappa shape index (κ2) is 4.88. The lowest BCUT2D eigenvalue weighted by Crippen LogP contribution is -2.14. The van der Waals surface area contributed by atoms with Crippen LogP contribution in [0.25, 0.3) is 0 Å². The lowest BCUT2D eigenvalue weighted by atomic mass is 10.1. The molecule has 0 radical (unpaired) electrons. The molecule has 0 saturated carbocycles. The van der Waals surface area contributed by atoms with Crippen LogP contribution in [0.1, 0.15) is 12.5 Å². The van der Waals surface area contributed by atoms with E-state index in [-0.39, 0.29) is 0 Å². The van der Waals surface area contributed by atoms with Crippen molar-refractivity contribution in [3.63, 3.8) is 0 Å². The van der Waals surface area contributed by atoms with Crippen LogP contribution in [-0.2, 0) is 0 Å². The summed E-state index contributed by atoms with van der Waals surface area (Å²) < 4.78 is 0. The van der Waals surface area contributed by atoms with Crippen LogP contribution in [0, 0.1) is 6.92 Å². The third kappa shape index (κ3) is 2.39. The van der Waals surface area contributed by atoms with Crippen molar-refractivity contribution in [2.45, 2.75) is 13.8 Å². The molecule has 0 aromatic heterocycles. The fourth-order valence-corrected chi connectivity index (χ4v) is 1.96. The number of allylic oxidation sites excluding steroid dienone is 1. The minimum atomic E-state index is 1.02. The third-order valence-electron chi connectivity index (χ3n) is 2.75. The molecule has 0 aliphatic rings. The van der Waals surface area contributed by atoms with E-state index in [4.69, 9.17) is 0 Å². The smallest absolute Gasteiger partial charge is 0.0487 e. The van der Waals surface area contributed by atoms with Gasteiger partial charge in [-0.1, -0.05) is 43.0 Å². The zero-order valence-corrected chi connectivity index (χ0v) is 10.4. The highest BCUT2D eigenvalue weighted by Crippen LogP contribution is 2.30. The second-order valence-electron chi connectivity index (χ2n) is 4.19. The number of hydrogen-bond acceptors (Lipinski definition) is 1. The molecule has 0 heterocycles. The molecule has 2 aromatic carbocycles. The molecular formula is C16H17N. The van der Waals surface area contributed by atoms with Crippen molar-refractivity contribution < 1.29 is 0 Å². The van der Waals surface area contributed by atoms with Gasteiger partial charge in [0, 0.05) is 17.1 Å². The van der Waals surface area contributed by atoms with Gasteiger partial charge in [-0.25, -0.2) is 0 Å².